The molecule has 0 bridgehead atoms. The summed E-state index contributed by atoms with van der Waals surface area (Å²) in [4.78, 5) is 16.0. The Hall–Kier alpha value is -0.380. The van der Waals surface area contributed by atoms with Gasteiger partial charge in [0.05, 0.1) is 0 Å². The molecule has 0 N–H and O–H groups in total. The first kappa shape index (κ1) is 12.7. The van der Waals surface area contributed by atoms with Gasteiger partial charge in [0.25, 0.3) is 0 Å². The highest BCUT2D eigenvalue weighted by atomic mass is 32.2. The van der Waals surface area contributed by atoms with Crippen LogP contribution >= 0.6 is 11.8 Å². The Kier molecular flexibility index (Phi) is 4.77. The highest BCUT2D eigenvalue weighted by Crippen LogP contribution is 2.25. The van der Waals surface area contributed by atoms with Crippen LogP contribution in [0.1, 0.15) is 27.7 Å². The first-order chi connectivity index (χ1) is 7.08. The largest absolute Gasteiger partial charge is 0.325 e. The van der Waals surface area contributed by atoms with Crippen LogP contribution in [0.3, 0.4) is 0 Å². The van der Waals surface area contributed by atoms with E-state index in [1.54, 1.807) is 0 Å². The molecule has 3 nitrogen and oxygen atoms in total. The number of hydrogen-bond acceptors (Lipinski definition) is 2. The second-order valence-corrected chi connectivity index (χ2v) is 6.00. The Balaban J connectivity index is 2.58. The molecule has 1 aliphatic rings. The Morgan fingerprint density at radius 3 is 2.13 bits per heavy atom. The third-order valence-electron chi connectivity index (χ3n) is 2.72. The number of thioether (sulfide) groups is 1. The fraction of sp³-hybridized carbons (Fsp3) is 0.909. The van der Waals surface area contributed by atoms with Gasteiger partial charge in [0.1, 0.15) is 0 Å². The van der Waals surface area contributed by atoms with Crippen molar-refractivity contribution in [3.05, 3.63) is 0 Å². The molecule has 0 aromatic rings. The van der Waals surface area contributed by atoms with E-state index in [0.29, 0.717) is 10.5 Å². The van der Waals surface area contributed by atoms with Crippen LogP contribution in [0.5, 0.6) is 0 Å². The van der Waals surface area contributed by atoms with E-state index < -0.39 is 0 Å². The molecule has 0 spiro atoms. The maximum Gasteiger partial charge on any atom is 0.320 e. The van der Waals surface area contributed by atoms with Crippen molar-refractivity contribution in [1.82, 2.24) is 9.80 Å². The van der Waals surface area contributed by atoms with Crippen molar-refractivity contribution in [2.75, 3.05) is 26.2 Å². The molecule has 0 aromatic carbocycles. The molecule has 1 heterocycles. The van der Waals surface area contributed by atoms with Gasteiger partial charge in [-0.2, -0.15) is 11.8 Å². The highest BCUT2D eigenvalue weighted by Gasteiger charge is 2.27. The van der Waals surface area contributed by atoms with Crippen LogP contribution in [0.25, 0.3) is 0 Å². The van der Waals surface area contributed by atoms with Crippen LogP contribution < -0.4 is 0 Å². The monoisotopic (exact) mass is 230 g/mol. The van der Waals surface area contributed by atoms with Crippen molar-refractivity contribution < 1.29 is 4.79 Å². The standard InChI is InChI=1S/C11H22N2OS/c1-5-12(6-2)11(14)13-7-9(3)15-10(4)8-13/h9-10H,5-8H2,1-4H3. The number of hydrogen-bond donors (Lipinski definition) is 0. The fourth-order valence-electron chi connectivity index (χ4n) is 2.03. The number of carbonyl (C=O) groups excluding carboxylic acids is 1. The number of carbonyl (C=O) groups is 1. The lowest BCUT2D eigenvalue weighted by atomic mass is 10.3. The van der Waals surface area contributed by atoms with E-state index in [2.05, 4.69) is 13.8 Å². The van der Waals surface area contributed by atoms with Gasteiger partial charge in [0, 0.05) is 36.7 Å². The first-order valence-electron chi connectivity index (χ1n) is 5.77. The maximum atomic E-state index is 12.1. The molecule has 88 valence electrons. The summed E-state index contributed by atoms with van der Waals surface area (Å²) in [6.45, 7) is 11.9. The van der Waals surface area contributed by atoms with Gasteiger partial charge in [-0.05, 0) is 13.8 Å². The lowest BCUT2D eigenvalue weighted by Gasteiger charge is -2.37. The van der Waals surface area contributed by atoms with E-state index in [9.17, 15) is 4.79 Å². The second kappa shape index (κ2) is 5.64. The van der Waals surface area contributed by atoms with E-state index in [0.717, 1.165) is 26.2 Å². The van der Waals surface area contributed by atoms with E-state index in [1.165, 1.54) is 0 Å². The number of rotatable bonds is 2. The maximum absolute atomic E-state index is 12.1. The summed E-state index contributed by atoms with van der Waals surface area (Å²) >= 11 is 1.98. The second-order valence-electron chi connectivity index (χ2n) is 4.12. The summed E-state index contributed by atoms with van der Waals surface area (Å²) < 4.78 is 0. The number of amides is 2. The molecule has 15 heavy (non-hydrogen) atoms. The highest BCUT2D eigenvalue weighted by molar-refractivity contribution is 8.00. The van der Waals surface area contributed by atoms with Gasteiger partial charge in [-0.15, -0.1) is 0 Å². The van der Waals surface area contributed by atoms with Crippen molar-refractivity contribution in [3.8, 4) is 0 Å². The minimum Gasteiger partial charge on any atom is -0.325 e. The van der Waals surface area contributed by atoms with Gasteiger partial charge in [0.15, 0.2) is 0 Å². The van der Waals surface area contributed by atoms with E-state index in [4.69, 9.17) is 0 Å². The van der Waals surface area contributed by atoms with Gasteiger partial charge in [-0.25, -0.2) is 4.79 Å². The molecule has 4 heteroatoms. The average Bonchev–Trinajstić information content (AvgIpc) is 2.18. The molecule has 2 amide bonds. The molecule has 1 rings (SSSR count). The Bertz CT molecular complexity index is 209. The quantitative estimate of drug-likeness (QED) is 0.726. The molecular formula is C11H22N2OS. The number of urea groups is 1. The van der Waals surface area contributed by atoms with Crippen LogP contribution in [0.15, 0.2) is 0 Å². The van der Waals surface area contributed by atoms with Gasteiger partial charge >= 0.3 is 6.03 Å². The van der Waals surface area contributed by atoms with Crippen molar-refractivity contribution in [1.29, 1.82) is 0 Å². The molecular weight excluding hydrogens is 208 g/mol. The minimum atomic E-state index is 0.207. The molecule has 0 aromatic heterocycles. The van der Waals surface area contributed by atoms with Gasteiger partial charge in [-0.1, -0.05) is 13.8 Å². The summed E-state index contributed by atoms with van der Waals surface area (Å²) in [7, 11) is 0. The topological polar surface area (TPSA) is 23.6 Å². The van der Waals surface area contributed by atoms with Gasteiger partial charge in [-0.3, -0.25) is 0 Å². The SMILES string of the molecule is CCN(CC)C(=O)N1CC(C)SC(C)C1. The van der Waals surface area contributed by atoms with Crippen LogP contribution in [0, 0.1) is 0 Å². The van der Waals surface area contributed by atoms with Crippen molar-refractivity contribution in [3.63, 3.8) is 0 Å². The minimum absolute atomic E-state index is 0.207. The first-order valence-corrected chi connectivity index (χ1v) is 6.72. The lowest BCUT2D eigenvalue weighted by molar-refractivity contribution is 0.156. The summed E-state index contributed by atoms with van der Waals surface area (Å²) in [5.41, 5.74) is 0. The zero-order valence-electron chi connectivity index (χ0n) is 10.2. The van der Waals surface area contributed by atoms with Crippen molar-refractivity contribution >= 4 is 17.8 Å². The Labute approximate surface area is 97.2 Å². The summed E-state index contributed by atoms with van der Waals surface area (Å²) in [5.74, 6) is 0. The predicted octanol–water partition coefficient (Wildman–Crippen LogP) is 2.27. The molecule has 0 aliphatic carbocycles. The third-order valence-corrected chi connectivity index (χ3v) is 3.95. The molecule has 1 fully saturated rings. The van der Waals surface area contributed by atoms with E-state index in [-0.39, 0.29) is 6.03 Å². The smallest absolute Gasteiger partial charge is 0.320 e. The summed E-state index contributed by atoms with van der Waals surface area (Å²) in [6, 6.07) is 0.207. The zero-order valence-corrected chi connectivity index (χ0v) is 11.0. The Morgan fingerprint density at radius 2 is 1.73 bits per heavy atom. The molecule has 1 saturated heterocycles. The average molecular weight is 230 g/mol. The van der Waals surface area contributed by atoms with Crippen LogP contribution in [-0.4, -0.2) is 52.5 Å². The van der Waals surface area contributed by atoms with Crippen molar-refractivity contribution in [2.45, 2.75) is 38.2 Å². The van der Waals surface area contributed by atoms with Gasteiger partial charge in [0.2, 0.25) is 0 Å². The predicted molar refractivity (Wildman–Crippen MR) is 66.4 cm³/mol. The van der Waals surface area contributed by atoms with Crippen LogP contribution in [-0.2, 0) is 0 Å². The fourth-order valence-corrected chi connectivity index (χ4v) is 3.35. The molecule has 0 saturated carbocycles. The summed E-state index contributed by atoms with van der Waals surface area (Å²) in [6.07, 6.45) is 0. The normalized spacial score (nSPS) is 26.5. The summed E-state index contributed by atoms with van der Waals surface area (Å²) in [5, 5.41) is 1.13. The van der Waals surface area contributed by atoms with Crippen LogP contribution in [0.4, 0.5) is 4.79 Å². The van der Waals surface area contributed by atoms with E-state index in [1.807, 2.05) is 35.4 Å². The molecule has 1 aliphatic heterocycles. The molecule has 0 radical (unpaired) electrons. The molecule has 2 unspecified atom stereocenters. The molecule has 2 atom stereocenters. The van der Waals surface area contributed by atoms with E-state index >= 15 is 0 Å². The third kappa shape index (κ3) is 3.30. The number of nitrogens with zero attached hydrogens (tertiary/aromatic N) is 2. The van der Waals surface area contributed by atoms with Crippen LogP contribution in [0.2, 0.25) is 0 Å². The van der Waals surface area contributed by atoms with Gasteiger partial charge < -0.3 is 9.80 Å². The lowest BCUT2D eigenvalue weighted by Crippen LogP contribution is -2.50. The van der Waals surface area contributed by atoms with Crippen molar-refractivity contribution in [2.24, 2.45) is 0 Å². The Morgan fingerprint density at radius 1 is 1.27 bits per heavy atom. The zero-order chi connectivity index (χ0) is 11.4.